The number of nitrogens with zero attached hydrogens (tertiary/aromatic N) is 1. The van der Waals surface area contributed by atoms with Crippen LogP contribution in [-0.2, 0) is 16.6 Å². The molecule has 98 valence electrons. The Bertz CT molecular complexity index is 593. The Labute approximate surface area is 107 Å². The number of carbonyl (C=O) groups excluding carboxylic acids is 1. The van der Waals surface area contributed by atoms with E-state index in [2.05, 4.69) is 4.72 Å². The van der Waals surface area contributed by atoms with Gasteiger partial charge in [-0.05, 0) is 31.9 Å². The molecule has 0 saturated carbocycles. The van der Waals surface area contributed by atoms with Gasteiger partial charge in [0, 0.05) is 6.04 Å². The van der Waals surface area contributed by atoms with Crippen molar-refractivity contribution >= 4 is 21.8 Å². The maximum Gasteiger partial charge on any atom is 0.326 e. The Morgan fingerprint density at radius 1 is 1.33 bits per heavy atom. The summed E-state index contributed by atoms with van der Waals surface area (Å²) in [4.78, 5) is 12.2. The molecular formula is C12H16N2O3S. The molecule has 18 heavy (non-hydrogen) atoms. The summed E-state index contributed by atoms with van der Waals surface area (Å²) in [7, 11) is -3.78. The third-order valence-electron chi connectivity index (χ3n) is 2.92. The molecule has 0 spiro atoms. The fourth-order valence-electron chi connectivity index (χ4n) is 2.11. The quantitative estimate of drug-likeness (QED) is 0.889. The summed E-state index contributed by atoms with van der Waals surface area (Å²) in [6.07, 6.45) is 0.667. The minimum atomic E-state index is -3.78. The van der Waals surface area contributed by atoms with Gasteiger partial charge in [0.05, 0.1) is 11.3 Å². The van der Waals surface area contributed by atoms with Gasteiger partial charge in [-0.15, -0.1) is 0 Å². The summed E-state index contributed by atoms with van der Waals surface area (Å²) in [5.74, 6) is -0.464. The van der Waals surface area contributed by atoms with Crippen LogP contribution in [0.2, 0.25) is 0 Å². The van der Waals surface area contributed by atoms with Crippen LogP contribution in [0.3, 0.4) is 0 Å². The molecule has 6 heteroatoms. The third-order valence-corrected chi connectivity index (χ3v) is 4.49. The zero-order valence-electron chi connectivity index (χ0n) is 10.6. The second-order valence-electron chi connectivity index (χ2n) is 4.50. The van der Waals surface area contributed by atoms with Gasteiger partial charge in [-0.1, -0.05) is 19.1 Å². The van der Waals surface area contributed by atoms with E-state index in [9.17, 15) is 13.2 Å². The van der Waals surface area contributed by atoms with E-state index in [1.807, 2.05) is 13.0 Å². The molecule has 1 aliphatic heterocycles. The van der Waals surface area contributed by atoms with Crippen molar-refractivity contribution in [1.82, 2.24) is 4.31 Å². The number of para-hydroxylation sites is 1. The number of hydrogen-bond acceptors (Lipinski definition) is 3. The van der Waals surface area contributed by atoms with E-state index in [0.29, 0.717) is 17.7 Å². The van der Waals surface area contributed by atoms with Crippen molar-refractivity contribution in [2.24, 2.45) is 0 Å². The standard InChI is InChI=1S/C12H16N2O3S/c1-4-9-6-5-7-10-11(9)13-18(16,17)14(8(2)3)12(10)15/h5-8,13H,4H2,1-3H3. The first-order valence-corrected chi connectivity index (χ1v) is 7.31. The van der Waals surface area contributed by atoms with Crippen molar-refractivity contribution in [2.75, 3.05) is 4.72 Å². The fourth-order valence-corrected chi connectivity index (χ4v) is 3.58. The molecule has 1 heterocycles. The molecule has 2 rings (SSSR count). The Hall–Kier alpha value is -1.56. The highest BCUT2D eigenvalue weighted by Gasteiger charge is 2.37. The Morgan fingerprint density at radius 3 is 2.56 bits per heavy atom. The van der Waals surface area contributed by atoms with Crippen molar-refractivity contribution < 1.29 is 13.2 Å². The molecule has 0 radical (unpaired) electrons. The number of nitrogens with one attached hydrogen (secondary N) is 1. The van der Waals surface area contributed by atoms with Gasteiger partial charge in [0.2, 0.25) is 0 Å². The number of hydrogen-bond donors (Lipinski definition) is 1. The van der Waals surface area contributed by atoms with Gasteiger partial charge in [-0.3, -0.25) is 9.52 Å². The van der Waals surface area contributed by atoms with Gasteiger partial charge in [0.25, 0.3) is 5.91 Å². The maximum absolute atomic E-state index is 12.2. The lowest BCUT2D eigenvalue weighted by Gasteiger charge is -2.32. The van der Waals surface area contributed by atoms with Crippen LogP contribution < -0.4 is 4.72 Å². The first-order valence-electron chi connectivity index (χ1n) is 5.87. The SMILES string of the molecule is CCc1cccc2c1NS(=O)(=O)N(C(C)C)C2=O. The van der Waals surface area contributed by atoms with Crippen molar-refractivity contribution in [2.45, 2.75) is 33.2 Å². The van der Waals surface area contributed by atoms with Crippen molar-refractivity contribution in [3.05, 3.63) is 29.3 Å². The molecule has 1 aromatic carbocycles. The van der Waals surface area contributed by atoms with Gasteiger partial charge in [0.15, 0.2) is 0 Å². The van der Waals surface area contributed by atoms with E-state index < -0.39 is 22.2 Å². The van der Waals surface area contributed by atoms with Crippen LogP contribution in [0.25, 0.3) is 0 Å². The number of anilines is 1. The molecular weight excluding hydrogens is 252 g/mol. The average molecular weight is 268 g/mol. The van der Waals surface area contributed by atoms with Crippen LogP contribution in [0.1, 0.15) is 36.7 Å². The van der Waals surface area contributed by atoms with E-state index >= 15 is 0 Å². The van der Waals surface area contributed by atoms with Crippen LogP contribution in [0, 0.1) is 0 Å². The van der Waals surface area contributed by atoms with E-state index in [1.165, 1.54) is 0 Å². The third kappa shape index (κ3) is 1.86. The molecule has 0 fully saturated rings. The molecule has 1 aromatic rings. The maximum atomic E-state index is 12.2. The molecule has 0 unspecified atom stereocenters. The molecule has 0 saturated heterocycles. The second kappa shape index (κ2) is 4.28. The number of carbonyl (C=O) groups is 1. The zero-order valence-corrected chi connectivity index (χ0v) is 11.4. The second-order valence-corrected chi connectivity index (χ2v) is 6.04. The number of amides is 1. The summed E-state index contributed by atoms with van der Waals surface area (Å²) >= 11 is 0. The van der Waals surface area contributed by atoms with Crippen LogP contribution in [0.4, 0.5) is 5.69 Å². The highest BCUT2D eigenvalue weighted by atomic mass is 32.2. The molecule has 0 bridgehead atoms. The lowest BCUT2D eigenvalue weighted by molar-refractivity contribution is 0.0834. The van der Waals surface area contributed by atoms with Crippen molar-refractivity contribution in [3.63, 3.8) is 0 Å². The number of aryl methyl sites for hydroxylation is 1. The van der Waals surface area contributed by atoms with Crippen LogP contribution in [0.5, 0.6) is 0 Å². The summed E-state index contributed by atoms with van der Waals surface area (Å²) in [5, 5.41) is 0. The number of benzene rings is 1. The van der Waals surface area contributed by atoms with E-state index in [1.54, 1.807) is 26.0 Å². The largest absolute Gasteiger partial charge is 0.326 e. The molecule has 0 aliphatic carbocycles. The zero-order chi connectivity index (χ0) is 13.5. The highest BCUT2D eigenvalue weighted by Crippen LogP contribution is 2.31. The summed E-state index contributed by atoms with van der Waals surface area (Å²) in [6, 6.07) is 4.83. The van der Waals surface area contributed by atoms with Gasteiger partial charge < -0.3 is 0 Å². The average Bonchev–Trinajstić information content (AvgIpc) is 2.26. The monoisotopic (exact) mass is 268 g/mol. The minimum absolute atomic E-state index is 0.409. The Kier molecular flexibility index (Phi) is 3.06. The summed E-state index contributed by atoms with van der Waals surface area (Å²) in [5.41, 5.74) is 1.66. The van der Waals surface area contributed by atoms with E-state index in [-0.39, 0.29) is 0 Å². The van der Waals surface area contributed by atoms with Gasteiger partial charge in [0.1, 0.15) is 0 Å². The minimum Gasteiger partial charge on any atom is -0.268 e. The molecule has 0 atom stereocenters. The number of fused-ring (bicyclic) bond motifs is 1. The lowest BCUT2D eigenvalue weighted by atomic mass is 10.0. The predicted octanol–water partition coefficient (Wildman–Crippen LogP) is 1.77. The van der Waals surface area contributed by atoms with E-state index in [0.717, 1.165) is 9.87 Å². The lowest BCUT2D eigenvalue weighted by Crippen LogP contribution is -2.48. The Balaban J connectivity index is 2.65. The molecule has 1 N–H and O–H groups in total. The first kappa shape index (κ1) is 12.9. The predicted molar refractivity (Wildman–Crippen MR) is 69.7 cm³/mol. The van der Waals surface area contributed by atoms with Crippen LogP contribution in [0.15, 0.2) is 18.2 Å². The van der Waals surface area contributed by atoms with Crippen molar-refractivity contribution in [3.8, 4) is 0 Å². The molecule has 1 aliphatic rings. The first-order chi connectivity index (χ1) is 8.38. The molecule has 0 aromatic heterocycles. The summed E-state index contributed by atoms with van der Waals surface area (Å²) in [6.45, 7) is 5.26. The highest BCUT2D eigenvalue weighted by molar-refractivity contribution is 7.91. The Morgan fingerprint density at radius 2 is 2.00 bits per heavy atom. The van der Waals surface area contributed by atoms with Gasteiger partial charge >= 0.3 is 10.2 Å². The number of rotatable bonds is 2. The van der Waals surface area contributed by atoms with Gasteiger partial charge in [-0.2, -0.15) is 8.42 Å². The normalized spacial score (nSPS) is 17.6. The van der Waals surface area contributed by atoms with Gasteiger partial charge in [-0.25, -0.2) is 4.31 Å². The topological polar surface area (TPSA) is 66.5 Å². The summed E-state index contributed by atoms with van der Waals surface area (Å²) < 4.78 is 27.5. The van der Waals surface area contributed by atoms with Crippen molar-refractivity contribution in [1.29, 1.82) is 0 Å². The fraction of sp³-hybridized carbons (Fsp3) is 0.417. The molecule has 5 nitrogen and oxygen atoms in total. The smallest absolute Gasteiger partial charge is 0.268 e. The van der Waals surface area contributed by atoms with Crippen LogP contribution in [-0.4, -0.2) is 24.7 Å². The molecule has 1 amide bonds. The van der Waals surface area contributed by atoms with Crippen LogP contribution >= 0.6 is 0 Å². The van der Waals surface area contributed by atoms with E-state index in [4.69, 9.17) is 0 Å².